The standard InChI is InChI=1S/C17H24N4O2/c22-16-12-15-14(20(16)11-10-19-7-1-2-8-19)5-9-21(15)17(23)13-4-3-6-18-13/h3-4,6,14-15,18H,1-2,5,7-12H2/t14-,15+/m1/s1. The molecule has 4 rings (SSSR count). The summed E-state index contributed by atoms with van der Waals surface area (Å²) in [6, 6.07) is 3.90. The Hall–Kier alpha value is -1.82. The van der Waals surface area contributed by atoms with Gasteiger partial charge < -0.3 is 19.7 Å². The molecule has 3 fully saturated rings. The Morgan fingerprint density at radius 3 is 2.74 bits per heavy atom. The van der Waals surface area contributed by atoms with Gasteiger partial charge in [-0.1, -0.05) is 0 Å². The highest BCUT2D eigenvalue weighted by molar-refractivity contribution is 5.94. The molecule has 1 aromatic rings. The fourth-order valence-electron chi connectivity index (χ4n) is 4.34. The van der Waals surface area contributed by atoms with Crippen molar-refractivity contribution in [1.82, 2.24) is 19.7 Å². The monoisotopic (exact) mass is 316 g/mol. The zero-order valence-corrected chi connectivity index (χ0v) is 13.4. The third-order valence-corrected chi connectivity index (χ3v) is 5.56. The molecule has 0 radical (unpaired) electrons. The van der Waals surface area contributed by atoms with Gasteiger partial charge in [0.1, 0.15) is 5.69 Å². The molecular weight excluding hydrogens is 292 g/mol. The summed E-state index contributed by atoms with van der Waals surface area (Å²) in [6.07, 6.45) is 5.71. The van der Waals surface area contributed by atoms with Gasteiger partial charge in [0.2, 0.25) is 5.91 Å². The van der Waals surface area contributed by atoms with Crippen LogP contribution in [0.2, 0.25) is 0 Å². The molecule has 3 aliphatic rings. The lowest BCUT2D eigenvalue weighted by Gasteiger charge is -2.27. The van der Waals surface area contributed by atoms with Gasteiger partial charge in [0.05, 0.1) is 12.1 Å². The smallest absolute Gasteiger partial charge is 0.270 e. The third kappa shape index (κ3) is 2.65. The number of likely N-dealkylation sites (tertiary alicyclic amines) is 3. The molecule has 0 bridgehead atoms. The second-order valence-electron chi connectivity index (χ2n) is 6.85. The van der Waals surface area contributed by atoms with Gasteiger partial charge in [-0.05, 0) is 44.5 Å². The van der Waals surface area contributed by atoms with E-state index in [0.29, 0.717) is 12.1 Å². The zero-order valence-electron chi connectivity index (χ0n) is 13.4. The minimum atomic E-state index is 0.0247. The fourth-order valence-corrected chi connectivity index (χ4v) is 4.34. The maximum absolute atomic E-state index is 12.6. The van der Waals surface area contributed by atoms with Gasteiger partial charge in [-0.3, -0.25) is 9.59 Å². The number of hydrogen-bond acceptors (Lipinski definition) is 3. The molecule has 2 amide bonds. The number of nitrogens with one attached hydrogen (secondary N) is 1. The summed E-state index contributed by atoms with van der Waals surface area (Å²) in [7, 11) is 0. The van der Waals surface area contributed by atoms with E-state index >= 15 is 0 Å². The first kappa shape index (κ1) is 14.8. The minimum absolute atomic E-state index is 0.0247. The topological polar surface area (TPSA) is 59.7 Å². The summed E-state index contributed by atoms with van der Waals surface area (Å²) in [5, 5.41) is 0. The predicted molar refractivity (Wildman–Crippen MR) is 86.0 cm³/mol. The first-order chi connectivity index (χ1) is 11.2. The van der Waals surface area contributed by atoms with Crippen LogP contribution >= 0.6 is 0 Å². The maximum Gasteiger partial charge on any atom is 0.270 e. The quantitative estimate of drug-likeness (QED) is 0.899. The number of aromatic nitrogens is 1. The summed E-state index contributed by atoms with van der Waals surface area (Å²) in [6.45, 7) is 4.85. The van der Waals surface area contributed by atoms with Crippen molar-refractivity contribution in [3.8, 4) is 0 Å². The number of fused-ring (bicyclic) bond motifs is 1. The molecule has 2 atom stereocenters. The average Bonchev–Trinajstić information content (AvgIpc) is 3.31. The van der Waals surface area contributed by atoms with Gasteiger partial charge in [-0.15, -0.1) is 0 Å². The van der Waals surface area contributed by atoms with Gasteiger partial charge in [-0.25, -0.2) is 0 Å². The van der Waals surface area contributed by atoms with Crippen LogP contribution in [0.3, 0.4) is 0 Å². The van der Waals surface area contributed by atoms with Crippen molar-refractivity contribution in [1.29, 1.82) is 0 Å². The maximum atomic E-state index is 12.6. The van der Waals surface area contributed by atoms with E-state index in [1.165, 1.54) is 12.8 Å². The highest BCUT2D eigenvalue weighted by atomic mass is 16.2. The zero-order chi connectivity index (χ0) is 15.8. The summed E-state index contributed by atoms with van der Waals surface area (Å²) >= 11 is 0. The molecule has 23 heavy (non-hydrogen) atoms. The van der Waals surface area contributed by atoms with Gasteiger partial charge in [0, 0.05) is 32.3 Å². The van der Waals surface area contributed by atoms with Crippen molar-refractivity contribution >= 4 is 11.8 Å². The van der Waals surface area contributed by atoms with Gasteiger partial charge in [0.15, 0.2) is 0 Å². The first-order valence-corrected chi connectivity index (χ1v) is 8.70. The van der Waals surface area contributed by atoms with E-state index in [9.17, 15) is 9.59 Å². The van der Waals surface area contributed by atoms with Gasteiger partial charge in [0.25, 0.3) is 5.91 Å². The van der Waals surface area contributed by atoms with Crippen LogP contribution < -0.4 is 0 Å². The SMILES string of the molecule is O=C1C[C@H]2[C@@H](CCN2C(=O)c2ccc[nH]2)N1CCN1CCCC1. The average molecular weight is 316 g/mol. The lowest BCUT2D eigenvalue weighted by atomic mass is 10.1. The summed E-state index contributed by atoms with van der Waals surface area (Å²) in [5.41, 5.74) is 0.619. The molecule has 6 heteroatoms. The predicted octanol–water partition coefficient (Wildman–Crippen LogP) is 0.926. The molecule has 3 saturated heterocycles. The largest absolute Gasteiger partial charge is 0.357 e. The summed E-state index contributed by atoms with van der Waals surface area (Å²) in [5.74, 6) is 0.236. The Labute approximate surface area is 136 Å². The van der Waals surface area contributed by atoms with E-state index in [-0.39, 0.29) is 23.9 Å². The van der Waals surface area contributed by atoms with Crippen LogP contribution in [-0.2, 0) is 4.79 Å². The van der Waals surface area contributed by atoms with Crippen LogP contribution in [0.5, 0.6) is 0 Å². The third-order valence-electron chi connectivity index (χ3n) is 5.56. The van der Waals surface area contributed by atoms with Crippen LogP contribution in [0.25, 0.3) is 0 Å². The van der Waals surface area contributed by atoms with Crippen molar-refractivity contribution in [2.24, 2.45) is 0 Å². The molecule has 0 saturated carbocycles. The summed E-state index contributed by atoms with van der Waals surface area (Å²) < 4.78 is 0. The van der Waals surface area contributed by atoms with Crippen LogP contribution in [-0.4, -0.2) is 76.3 Å². The number of nitrogens with zero attached hydrogens (tertiary/aromatic N) is 3. The highest BCUT2D eigenvalue weighted by Gasteiger charge is 2.48. The van der Waals surface area contributed by atoms with E-state index in [4.69, 9.17) is 0 Å². The summed E-state index contributed by atoms with van der Waals surface area (Å²) in [4.78, 5) is 34.3. The number of amides is 2. The van der Waals surface area contributed by atoms with E-state index < -0.39 is 0 Å². The Bertz CT molecular complexity index is 579. The lowest BCUT2D eigenvalue weighted by molar-refractivity contribution is -0.129. The Morgan fingerprint density at radius 1 is 1.17 bits per heavy atom. The van der Waals surface area contributed by atoms with Crippen LogP contribution in [0, 0.1) is 0 Å². The Morgan fingerprint density at radius 2 is 2.00 bits per heavy atom. The van der Waals surface area contributed by atoms with Crippen molar-refractivity contribution in [3.05, 3.63) is 24.0 Å². The number of aromatic amines is 1. The highest BCUT2D eigenvalue weighted by Crippen LogP contribution is 2.33. The Balaban J connectivity index is 1.41. The van der Waals surface area contributed by atoms with E-state index in [1.54, 1.807) is 12.3 Å². The molecule has 1 aromatic heterocycles. The van der Waals surface area contributed by atoms with Crippen molar-refractivity contribution in [3.63, 3.8) is 0 Å². The molecule has 0 aromatic carbocycles. The normalized spacial score (nSPS) is 27.9. The van der Waals surface area contributed by atoms with E-state index in [0.717, 1.165) is 39.1 Å². The molecule has 0 aliphatic carbocycles. The second kappa shape index (κ2) is 6.00. The number of hydrogen-bond donors (Lipinski definition) is 1. The van der Waals surface area contributed by atoms with Crippen LogP contribution in [0.15, 0.2) is 18.3 Å². The van der Waals surface area contributed by atoms with E-state index in [2.05, 4.69) is 9.88 Å². The van der Waals surface area contributed by atoms with Gasteiger partial charge >= 0.3 is 0 Å². The molecule has 4 heterocycles. The van der Waals surface area contributed by atoms with Crippen LogP contribution in [0.1, 0.15) is 36.2 Å². The molecular formula is C17H24N4O2. The first-order valence-electron chi connectivity index (χ1n) is 8.70. The molecule has 0 unspecified atom stereocenters. The number of rotatable bonds is 4. The number of carbonyl (C=O) groups is 2. The molecule has 6 nitrogen and oxygen atoms in total. The Kier molecular flexibility index (Phi) is 3.85. The second-order valence-corrected chi connectivity index (χ2v) is 6.85. The molecule has 124 valence electrons. The number of H-pyrrole nitrogens is 1. The fraction of sp³-hybridized carbons (Fsp3) is 0.647. The molecule has 3 aliphatic heterocycles. The van der Waals surface area contributed by atoms with Gasteiger partial charge in [-0.2, -0.15) is 0 Å². The molecule has 0 spiro atoms. The molecule has 1 N–H and O–H groups in total. The van der Waals surface area contributed by atoms with Crippen LogP contribution in [0.4, 0.5) is 0 Å². The number of carbonyl (C=O) groups excluding carboxylic acids is 2. The van der Waals surface area contributed by atoms with E-state index in [1.807, 2.05) is 15.9 Å². The minimum Gasteiger partial charge on any atom is -0.357 e. The van der Waals surface area contributed by atoms with Crippen molar-refractivity contribution in [2.45, 2.75) is 37.8 Å². The van der Waals surface area contributed by atoms with Crippen molar-refractivity contribution in [2.75, 3.05) is 32.7 Å². The van der Waals surface area contributed by atoms with Crippen molar-refractivity contribution < 1.29 is 9.59 Å². The lowest BCUT2D eigenvalue weighted by Crippen LogP contribution is -2.42.